The van der Waals surface area contributed by atoms with Crippen molar-refractivity contribution in [2.45, 2.75) is 25.7 Å². The lowest BCUT2D eigenvalue weighted by atomic mass is 9.97. The third-order valence-electron chi connectivity index (χ3n) is 3.81. The number of carboxylic acid groups (broad SMARTS) is 1. The summed E-state index contributed by atoms with van der Waals surface area (Å²) in [6.45, 7) is 2.71. The molecule has 1 fully saturated rings. The summed E-state index contributed by atoms with van der Waals surface area (Å²) >= 11 is 0. The van der Waals surface area contributed by atoms with Crippen molar-refractivity contribution < 1.29 is 19.1 Å². The Balaban J connectivity index is 1.91. The molecule has 2 rings (SSSR count). The highest BCUT2D eigenvalue weighted by molar-refractivity contribution is 5.79. The Morgan fingerprint density at radius 2 is 2.05 bits per heavy atom. The number of rotatable bonds is 4. The van der Waals surface area contributed by atoms with E-state index in [0.29, 0.717) is 25.9 Å². The smallest absolute Gasteiger partial charge is 0.308 e. The monoisotopic (exact) mass is 279 g/mol. The van der Waals surface area contributed by atoms with Crippen LogP contribution in [0.3, 0.4) is 0 Å². The largest absolute Gasteiger partial charge is 0.481 e. The molecule has 1 aliphatic rings. The number of hydrogen-bond acceptors (Lipinski definition) is 2. The zero-order valence-electron chi connectivity index (χ0n) is 11.4. The summed E-state index contributed by atoms with van der Waals surface area (Å²) in [7, 11) is 0. The number of nitrogens with zero attached hydrogens (tertiary/aromatic N) is 1. The fourth-order valence-corrected chi connectivity index (χ4v) is 2.49. The molecule has 0 spiro atoms. The van der Waals surface area contributed by atoms with Crippen molar-refractivity contribution in [1.82, 2.24) is 4.90 Å². The Bertz CT molecular complexity index is 500. The number of benzene rings is 1. The van der Waals surface area contributed by atoms with Gasteiger partial charge in [0.05, 0.1) is 5.92 Å². The van der Waals surface area contributed by atoms with Crippen molar-refractivity contribution in [3.63, 3.8) is 0 Å². The Kier molecular flexibility index (Phi) is 4.37. The maximum Gasteiger partial charge on any atom is 0.308 e. The number of carbonyl (C=O) groups is 2. The van der Waals surface area contributed by atoms with Crippen LogP contribution in [0.1, 0.15) is 31.2 Å². The van der Waals surface area contributed by atoms with Gasteiger partial charge in [0.15, 0.2) is 0 Å². The van der Waals surface area contributed by atoms with Crippen LogP contribution in [-0.4, -0.2) is 35.0 Å². The van der Waals surface area contributed by atoms with E-state index < -0.39 is 11.9 Å². The molecule has 1 heterocycles. The van der Waals surface area contributed by atoms with Crippen molar-refractivity contribution >= 4 is 11.9 Å². The molecule has 4 nitrogen and oxygen atoms in total. The van der Waals surface area contributed by atoms with Crippen LogP contribution < -0.4 is 0 Å². The summed E-state index contributed by atoms with van der Waals surface area (Å²) in [6, 6.07) is 6.12. The number of likely N-dealkylation sites (tertiary alicyclic amines) is 1. The molecule has 2 atom stereocenters. The molecule has 20 heavy (non-hydrogen) atoms. The van der Waals surface area contributed by atoms with E-state index in [0.717, 1.165) is 5.56 Å². The van der Waals surface area contributed by atoms with Crippen molar-refractivity contribution in [2.24, 2.45) is 5.92 Å². The van der Waals surface area contributed by atoms with E-state index in [1.54, 1.807) is 17.0 Å². The third-order valence-corrected chi connectivity index (χ3v) is 3.81. The fraction of sp³-hybridized carbons (Fsp3) is 0.467. The lowest BCUT2D eigenvalue weighted by Gasteiger charge is -2.19. The lowest BCUT2D eigenvalue weighted by Crippen LogP contribution is -2.30. The van der Waals surface area contributed by atoms with E-state index in [1.807, 2.05) is 6.92 Å². The number of aliphatic carboxylic acids is 1. The van der Waals surface area contributed by atoms with Gasteiger partial charge in [-0.2, -0.15) is 0 Å². The van der Waals surface area contributed by atoms with Gasteiger partial charge in [-0.15, -0.1) is 0 Å². The van der Waals surface area contributed by atoms with Crippen LogP contribution in [0.2, 0.25) is 0 Å². The SMILES string of the molecule is CC(CC(=O)N1CCC(C(=O)O)C1)c1ccc(F)cc1. The molecule has 1 aromatic carbocycles. The van der Waals surface area contributed by atoms with Gasteiger partial charge < -0.3 is 10.0 Å². The zero-order valence-corrected chi connectivity index (χ0v) is 11.4. The van der Waals surface area contributed by atoms with Crippen LogP contribution in [0, 0.1) is 11.7 Å². The van der Waals surface area contributed by atoms with Gasteiger partial charge in [0.1, 0.15) is 5.82 Å². The zero-order chi connectivity index (χ0) is 14.7. The van der Waals surface area contributed by atoms with Gasteiger partial charge >= 0.3 is 5.97 Å². The Morgan fingerprint density at radius 3 is 2.60 bits per heavy atom. The van der Waals surface area contributed by atoms with Crippen LogP contribution in [0.15, 0.2) is 24.3 Å². The molecule has 0 bridgehead atoms. The van der Waals surface area contributed by atoms with Crippen LogP contribution in [0.25, 0.3) is 0 Å². The number of amides is 1. The van der Waals surface area contributed by atoms with Crippen LogP contribution in [0.5, 0.6) is 0 Å². The normalized spacial score (nSPS) is 19.9. The third kappa shape index (κ3) is 3.35. The maximum atomic E-state index is 12.8. The highest BCUT2D eigenvalue weighted by Crippen LogP contribution is 2.23. The number of hydrogen-bond donors (Lipinski definition) is 1. The Morgan fingerprint density at radius 1 is 1.40 bits per heavy atom. The predicted octanol–water partition coefficient (Wildman–Crippen LogP) is 2.25. The summed E-state index contributed by atoms with van der Waals surface area (Å²) < 4.78 is 12.8. The summed E-state index contributed by atoms with van der Waals surface area (Å²) in [4.78, 5) is 24.6. The molecular weight excluding hydrogens is 261 g/mol. The van der Waals surface area contributed by atoms with E-state index >= 15 is 0 Å². The van der Waals surface area contributed by atoms with Crippen LogP contribution in [-0.2, 0) is 9.59 Å². The van der Waals surface area contributed by atoms with Crippen LogP contribution in [0.4, 0.5) is 4.39 Å². The van der Waals surface area contributed by atoms with E-state index in [-0.39, 0.29) is 17.6 Å². The number of carboxylic acids is 1. The first kappa shape index (κ1) is 14.5. The number of carbonyl (C=O) groups excluding carboxylic acids is 1. The second-order valence-corrected chi connectivity index (χ2v) is 5.32. The average Bonchev–Trinajstić information content (AvgIpc) is 2.89. The minimum atomic E-state index is -0.841. The summed E-state index contributed by atoms with van der Waals surface area (Å²) in [5.41, 5.74) is 0.911. The topological polar surface area (TPSA) is 57.6 Å². The molecule has 0 radical (unpaired) electrons. The Hall–Kier alpha value is -1.91. The summed E-state index contributed by atoms with van der Waals surface area (Å²) in [5, 5.41) is 8.93. The standard InChI is InChI=1S/C15H18FNO3/c1-10(11-2-4-13(16)5-3-11)8-14(18)17-7-6-12(9-17)15(19)20/h2-5,10,12H,6-9H2,1H3,(H,19,20). The van der Waals surface area contributed by atoms with E-state index in [2.05, 4.69) is 0 Å². The predicted molar refractivity (Wildman–Crippen MR) is 71.8 cm³/mol. The molecule has 5 heteroatoms. The van der Waals surface area contributed by atoms with Gasteiger partial charge in [-0.1, -0.05) is 19.1 Å². The van der Waals surface area contributed by atoms with Gasteiger partial charge in [-0.25, -0.2) is 4.39 Å². The second kappa shape index (κ2) is 6.03. The minimum Gasteiger partial charge on any atom is -0.481 e. The first-order valence-electron chi connectivity index (χ1n) is 6.73. The van der Waals surface area contributed by atoms with E-state index in [4.69, 9.17) is 5.11 Å². The minimum absolute atomic E-state index is 0.00743. The summed E-state index contributed by atoms with van der Waals surface area (Å²) in [6.07, 6.45) is 0.837. The van der Waals surface area contributed by atoms with Crippen molar-refractivity contribution in [1.29, 1.82) is 0 Å². The van der Waals surface area contributed by atoms with Gasteiger partial charge in [0, 0.05) is 19.5 Å². The van der Waals surface area contributed by atoms with Gasteiger partial charge in [0.25, 0.3) is 0 Å². The Labute approximate surface area is 117 Å². The van der Waals surface area contributed by atoms with Gasteiger partial charge in [-0.3, -0.25) is 9.59 Å². The molecule has 0 aliphatic carbocycles. The fourth-order valence-electron chi connectivity index (χ4n) is 2.49. The van der Waals surface area contributed by atoms with Gasteiger partial charge in [-0.05, 0) is 30.0 Å². The molecule has 2 unspecified atom stereocenters. The molecule has 0 saturated carbocycles. The molecule has 1 saturated heterocycles. The molecule has 1 amide bonds. The molecular formula is C15H18FNO3. The van der Waals surface area contributed by atoms with Crippen molar-refractivity contribution in [2.75, 3.05) is 13.1 Å². The first-order chi connectivity index (χ1) is 9.47. The molecule has 1 aromatic rings. The average molecular weight is 279 g/mol. The van der Waals surface area contributed by atoms with Crippen molar-refractivity contribution in [3.05, 3.63) is 35.6 Å². The van der Waals surface area contributed by atoms with E-state index in [1.165, 1.54) is 12.1 Å². The van der Waals surface area contributed by atoms with E-state index in [9.17, 15) is 14.0 Å². The second-order valence-electron chi connectivity index (χ2n) is 5.32. The first-order valence-corrected chi connectivity index (χ1v) is 6.73. The molecule has 108 valence electrons. The van der Waals surface area contributed by atoms with Gasteiger partial charge in [0.2, 0.25) is 5.91 Å². The van der Waals surface area contributed by atoms with Crippen molar-refractivity contribution in [3.8, 4) is 0 Å². The quantitative estimate of drug-likeness (QED) is 0.919. The molecule has 0 aromatic heterocycles. The highest BCUT2D eigenvalue weighted by atomic mass is 19.1. The molecule has 1 aliphatic heterocycles. The maximum absolute atomic E-state index is 12.8. The summed E-state index contributed by atoms with van der Waals surface area (Å²) in [5.74, 6) is -1.62. The van der Waals surface area contributed by atoms with Crippen LogP contribution >= 0.6 is 0 Å². The lowest BCUT2D eigenvalue weighted by molar-refractivity contribution is -0.141. The molecule has 1 N–H and O–H groups in total. The number of halogens is 1. The highest BCUT2D eigenvalue weighted by Gasteiger charge is 2.31.